The highest BCUT2D eigenvalue weighted by molar-refractivity contribution is 6.28. The van der Waals surface area contributed by atoms with Crippen molar-refractivity contribution in [2.75, 3.05) is 20.1 Å². The summed E-state index contributed by atoms with van der Waals surface area (Å²) in [4.78, 5) is 23.3. The van der Waals surface area contributed by atoms with E-state index in [1.54, 1.807) is 7.05 Å². The number of hydrogen-bond acceptors (Lipinski definition) is 4. The van der Waals surface area contributed by atoms with Crippen LogP contribution < -0.4 is 0 Å². The fraction of sp³-hybridized carbons (Fsp3) is 0.667. The van der Waals surface area contributed by atoms with Gasteiger partial charge in [0.15, 0.2) is 0 Å². The molecule has 0 heterocycles. The first kappa shape index (κ1) is 16.3. The molecule has 0 fully saturated rings. The molecule has 1 amide bonds. The Hall–Kier alpha value is -1.72. The third kappa shape index (κ3) is 9.50. The molecule has 6 heteroatoms. The molecular weight excluding hydrogens is 230 g/mol. The van der Waals surface area contributed by atoms with Crippen LogP contribution in [0.3, 0.4) is 0 Å². The Morgan fingerprint density at radius 1 is 1.28 bits per heavy atom. The van der Waals surface area contributed by atoms with Crippen LogP contribution in [0.2, 0.25) is 0 Å². The van der Waals surface area contributed by atoms with E-state index in [1.807, 2.05) is 20.1 Å². The minimum atomic E-state index is -0.452. The van der Waals surface area contributed by atoms with Gasteiger partial charge in [-0.3, -0.25) is 14.8 Å². The van der Waals surface area contributed by atoms with Crippen LogP contribution in [-0.2, 0) is 4.79 Å². The Labute approximate surface area is 108 Å². The van der Waals surface area contributed by atoms with E-state index in [0.717, 1.165) is 25.6 Å². The Morgan fingerprint density at radius 3 is 2.67 bits per heavy atom. The van der Waals surface area contributed by atoms with Crippen molar-refractivity contribution in [1.29, 1.82) is 0 Å². The van der Waals surface area contributed by atoms with E-state index in [0.29, 0.717) is 18.8 Å². The largest absolute Gasteiger partial charge is 0.306 e. The minimum Gasteiger partial charge on any atom is -0.298 e. The maximum atomic E-state index is 11.2. The first-order valence-electron chi connectivity index (χ1n) is 6.14. The van der Waals surface area contributed by atoms with Crippen molar-refractivity contribution in [2.45, 2.75) is 33.1 Å². The second kappa shape index (κ2) is 11.8. The summed E-state index contributed by atoms with van der Waals surface area (Å²) in [6.07, 6.45) is 5.29. The normalized spacial score (nSPS) is 13.2. The number of azo groups is 1. The highest BCUT2D eigenvalue weighted by Crippen LogP contribution is 1.93. The number of carbonyl (C=O) groups excluding carboxylic acids is 1. The van der Waals surface area contributed by atoms with Crippen molar-refractivity contribution >= 4 is 24.2 Å². The van der Waals surface area contributed by atoms with Crippen LogP contribution in [-0.4, -0.2) is 44.3 Å². The van der Waals surface area contributed by atoms with Crippen LogP contribution in [0.15, 0.2) is 25.2 Å². The van der Waals surface area contributed by atoms with Gasteiger partial charge in [-0.1, -0.05) is 6.92 Å². The standard InChI is InChI=1S/C12H21N5O/c1-4-8-16-17-12(18)10-15-11(13-3)7-6-9-14-5-2/h9-10H,4-8H2,1-3H3. The summed E-state index contributed by atoms with van der Waals surface area (Å²) in [5.41, 5.74) is 0. The predicted molar refractivity (Wildman–Crippen MR) is 75.1 cm³/mol. The Morgan fingerprint density at radius 2 is 2.06 bits per heavy atom. The molecule has 0 rings (SSSR count). The van der Waals surface area contributed by atoms with E-state index in [9.17, 15) is 4.79 Å². The van der Waals surface area contributed by atoms with Gasteiger partial charge in [0.2, 0.25) is 0 Å². The molecule has 0 radical (unpaired) electrons. The topological polar surface area (TPSA) is 78.9 Å². The molecule has 0 N–H and O–H groups in total. The van der Waals surface area contributed by atoms with Gasteiger partial charge >= 0.3 is 5.91 Å². The molecule has 0 aromatic rings. The van der Waals surface area contributed by atoms with Gasteiger partial charge in [-0.15, -0.1) is 5.11 Å². The fourth-order valence-corrected chi connectivity index (χ4v) is 1.02. The molecule has 0 saturated heterocycles. The summed E-state index contributed by atoms with van der Waals surface area (Å²) in [5, 5.41) is 7.19. The Kier molecular flexibility index (Phi) is 10.6. The van der Waals surface area contributed by atoms with E-state index in [2.05, 4.69) is 25.2 Å². The average Bonchev–Trinajstić information content (AvgIpc) is 2.38. The summed E-state index contributed by atoms with van der Waals surface area (Å²) >= 11 is 0. The van der Waals surface area contributed by atoms with Gasteiger partial charge in [-0.25, -0.2) is 4.99 Å². The van der Waals surface area contributed by atoms with Crippen LogP contribution in [0.5, 0.6) is 0 Å². The molecule has 0 aliphatic carbocycles. The third-order valence-corrected chi connectivity index (χ3v) is 1.88. The molecule has 0 spiro atoms. The molecule has 6 nitrogen and oxygen atoms in total. The van der Waals surface area contributed by atoms with Crippen molar-refractivity contribution in [3.63, 3.8) is 0 Å². The van der Waals surface area contributed by atoms with E-state index in [-0.39, 0.29) is 0 Å². The number of rotatable bonds is 7. The van der Waals surface area contributed by atoms with Crippen molar-refractivity contribution in [3.8, 4) is 0 Å². The number of nitrogens with zero attached hydrogens (tertiary/aromatic N) is 5. The zero-order valence-corrected chi connectivity index (χ0v) is 11.3. The summed E-state index contributed by atoms with van der Waals surface area (Å²) in [6.45, 7) is 5.28. The molecule has 100 valence electrons. The van der Waals surface area contributed by atoms with Crippen molar-refractivity contribution < 1.29 is 4.79 Å². The van der Waals surface area contributed by atoms with E-state index in [4.69, 9.17) is 0 Å². The highest BCUT2D eigenvalue weighted by Gasteiger charge is 1.96. The molecular formula is C12H21N5O. The van der Waals surface area contributed by atoms with Crippen LogP contribution in [0.1, 0.15) is 33.1 Å². The zero-order chi connectivity index (χ0) is 13.6. The van der Waals surface area contributed by atoms with Gasteiger partial charge in [0.25, 0.3) is 0 Å². The lowest BCUT2D eigenvalue weighted by Gasteiger charge is -1.95. The Balaban J connectivity index is 4.12. The molecule has 18 heavy (non-hydrogen) atoms. The average molecular weight is 251 g/mol. The molecule has 0 saturated carbocycles. The van der Waals surface area contributed by atoms with E-state index >= 15 is 0 Å². The van der Waals surface area contributed by atoms with Gasteiger partial charge in [-0.05, 0) is 26.0 Å². The molecule has 0 bridgehead atoms. The number of amidine groups is 1. The number of hydrogen-bond donors (Lipinski definition) is 0. The maximum absolute atomic E-state index is 11.2. The predicted octanol–water partition coefficient (Wildman–Crippen LogP) is 2.35. The Bertz CT molecular complexity index is 344. The van der Waals surface area contributed by atoms with Gasteiger partial charge in [-0.2, -0.15) is 5.11 Å². The molecule has 0 aromatic carbocycles. The second-order valence-electron chi connectivity index (χ2n) is 3.42. The molecule has 0 atom stereocenters. The third-order valence-electron chi connectivity index (χ3n) is 1.88. The quantitative estimate of drug-likeness (QED) is 0.388. The lowest BCUT2D eigenvalue weighted by atomic mass is 10.3. The maximum Gasteiger partial charge on any atom is 0.306 e. The minimum absolute atomic E-state index is 0.452. The molecule has 0 unspecified atom stereocenters. The SMILES string of the molecule is CCCN=NC(=O)C=NC(CCC=NCC)=NC. The van der Waals surface area contributed by atoms with E-state index < -0.39 is 5.91 Å². The summed E-state index contributed by atoms with van der Waals surface area (Å²) in [6, 6.07) is 0. The lowest BCUT2D eigenvalue weighted by Crippen LogP contribution is -2.00. The second-order valence-corrected chi connectivity index (χ2v) is 3.42. The zero-order valence-electron chi connectivity index (χ0n) is 11.3. The van der Waals surface area contributed by atoms with Crippen molar-refractivity contribution in [3.05, 3.63) is 0 Å². The summed E-state index contributed by atoms with van der Waals surface area (Å²) in [7, 11) is 1.65. The van der Waals surface area contributed by atoms with Crippen molar-refractivity contribution in [1.82, 2.24) is 0 Å². The van der Waals surface area contributed by atoms with Gasteiger partial charge in [0.05, 0.1) is 12.8 Å². The molecule has 0 aromatic heterocycles. The van der Waals surface area contributed by atoms with Crippen LogP contribution in [0, 0.1) is 0 Å². The van der Waals surface area contributed by atoms with Crippen LogP contribution in [0.25, 0.3) is 0 Å². The molecule has 0 aliphatic heterocycles. The van der Waals surface area contributed by atoms with E-state index in [1.165, 1.54) is 0 Å². The van der Waals surface area contributed by atoms with Gasteiger partial charge in [0, 0.05) is 20.0 Å². The first-order chi connectivity index (χ1) is 8.74. The monoisotopic (exact) mass is 251 g/mol. The van der Waals surface area contributed by atoms with Crippen LogP contribution >= 0.6 is 0 Å². The smallest absolute Gasteiger partial charge is 0.298 e. The van der Waals surface area contributed by atoms with Gasteiger partial charge in [0.1, 0.15) is 5.84 Å². The number of amides is 1. The number of carbonyl (C=O) groups is 1. The fourth-order valence-electron chi connectivity index (χ4n) is 1.02. The summed E-state index contributed by atoms with van der Waals surface area (Å²) in [5.74, 6) is 0.156. The lowest BCUT2D eigenvalue weighted by molar-refractivity contribution is -0.111. The summed E-state index contributed by atoms with van der Waals surface area (Å²) < 4.78 is 0. The number of aliphatic imine (C=N–C) groups is 3. The highest BCUT2D eigenvalue weighted by atomic mass is 16.1. The van der Waals surface area contributed by atoms with Crippen molar-refractivity contribution in [2.24, 2.45) is 25.2 Å². The first-order valence-corrected chi connectivity index (χ1v) is 6.14. The van der Waals surface area contributed by atoms with Gasteiger partial charge < -0.3 is 0 Å². The molecule has 0 aliphatic rings. The van der Waals surface area contributed by atoms with Crippen LogP contribution in [0.4, 0.5) is 0 Å².